The number of halogens is 6. The summed E-state index contributed by atoms with van der Waals surface area (Å²) in [6.07, 6.45) is -12.5. The molecule has 1 atom stereocenters. The van der Waals surface area contributed by atoms with Gasteiger partial charge in [0.2, 0.25) is 0 Å². The van der Waals surface area contributed by atoms with Gasteiger partial charge in [0, 0.05) is 0 Å². The van der Waals surface area contributed by atoms with Gasteiger partial charge in [0.05, 0.1) is 18.9 Å². The van der Waals surface area contributed by atoms with Gasteiger partial charge in [-0.3, -0.25) is 9.36 Å². The Morgan fingerprint density at radius 3 is 1.76 bits per heavy atom. The number of alkyl halides is 6. The molecular formula is C8H14F6O5P2. The minimum atomic E-state index is -4.47. The third-order valence-electron chi connectivity index (χ3n) is 1.32. The SMILES string of the molecule is CCOP(=O)(O)CC(=O)O.FC(F)(F)CPCC(F)(F)F. The van der Waals surface area contributed by atoms with Crippen molar-refractivity contribution in [2.75, 3.05) is 25.1 Å². The molecule has 21 heavy (non-hydrogen) atoms. The quantitative estimate of drug-likeness (QED) is 0.558. The Hall–Kier alpha value is -0.370. The Morgan fingerprint density at radius 2 is 1.52 bits per heavy atom. The van der Waals surface area contributed by atoms with Crippen LogP contribution in [0.4, 0.5) is 26.3 Å². The van der Waals surface area contributed by atoms with Gasteiger partial charge >= 0.3 is 25.9 Å². The Kier molecular flexibility index (Phi) is 10.5. The van der Waals surface area contributed by atoms with Gasteiger partial charge in [-0.25, -0.2) is 0 Å². The number of rotatable bonds is 6. The maximum absolute atomic E-state index is 11.3. The molecule has 5 nitrogen and oxygen atoms in total. The summed E-state index contributed by atoms with van der Waals surface area (Å²) >= 11 is 0. The van der Waals surface area contributed by atoms with E-state index < -0.39 is 53.0 Å². The van der Waals surface area contributed by atoms with E-state index in [2.05, 4.69) is 4.52 Å². The normalized spacial score (nSPS) is 14.9. The highest BCUT2D eigenvalue weighted by Crippen LogP contribution is 2.40. The standard InChI is InChI=1S/C4H5F6P.C4H9O5P/c5-3(6,7)1-11-2-4(8,9)10;1-2-9-10(7,8)3-4(5)6/h11H,1-2H2;2-3H2,1H3,(H,5,6)(H,7,8). The molecule has 0 aromatic heterocycles. The van der Waals surface area contributed by atoms with Crippen molar-refractivity contribution in [1.29, 1.82) is 0 Å². The van der Waals surface area contributed by atoms with Crippen LogP contribution in [-0.2, 0) is 13.9 Å². The van der Waals surface area contributed by atoms with Crippen molar-refractivity contribution < 1.29 is 50.2 Å². The molecule has 13 heteroatoms. The highest BCUT2D eigenvalue weighted by atomic mass is 31.2. The van der Waals surface area contributed by atoms with Gasteiger partial charge in [0.25, 0.3) is 0 Å². The molecule has 0 heterocycles. The van der Waals surface area contributed by atoms with E-state index in [1.807, 2.05) is 0 Å². The van der Waals surface area contributed by atoms with E-state index in [0.717, 1.165) is 0 Å². The zero-order chi connectivity index (χ0) is 17.3. The first-order valence-electron chi connectivity index (χ1n) is 5.21. The van der Waals surface area contributed by atoms with E-state index in [9.17, 15) is 35.7 Å². The molecule has 0 amide bonds. The van der Waals surface area contributed by atoms with Crippen molar-refractivity contribution in [1.82, 2.24) is 0 Å². The first-order valence-corrected chi connectivity index (χ1v) is 8.38. The van der Waals surface area contributed by atoms with Crippen LogP contribution in [0.3, 0.4) is 0 Å². The highest BCUT2D eigenvalue weighted by Gasteiger charge is 2.32. The maximum atomic E-state index is 11.3. The van der Waals surface area contributed by atoms with Crippen LogP contribution in [0.5, 0.6) is 0 Å². The molecular weight excluding hydrogens is 352 g/mol. The predicted molar refractivity (Wildman–Crippen MR) is 64.1 cm³/mol. The van der Waals surface area contributed by atoms with Crippen LogP contribution >= 0.6 is 16.2 Å². The van der Waals surface area contributed by atoms with Crippen LogP contribution in [0.1, 0.15) is 6.92 Å². The summed E-state index contributed by atoms with van der Waals surface area (Å²) in [6.45, 7) is 1.56. The molecule has 0 bridgehead atoms. The lowest BCUT2D eigenvalue weighted by Crippen LogP contribution is -2.15. The lowest BCUT2D eigenvalue weighted by Gasteiger charge is -2.07. The molecule has 128 valence electrons. The summed E-state index contributed by atoms with van der Waals surface area (Å²) in [6, 6.07) is 0. The Morgan fingerprint density at radius 1 is 1.14 bits per heavy atom. The average Bonchev–Trinajstić information content (AvgIpc) is 2.10. The van der Waals surface area contributed by atoms with Crippen LogP contribution < -0.4 is 0 Å². The first kappa shape index (κ1) is 22.9. The predicted octanol–water partition coefficient (Wildman–Crippen LogP) is 3.08. The monoisotopic (exact) mass is 366 g/mol. The van der Waals surface area contributed by atoms with Crippen LogP contribution in [0.25, 0.3) is 0 Å². The van der Waals surface area contributed by atoms with Crippen molar-refractivity contribution in [3.05, 3.63) is 0 Å². The number of carbonyl (C=O) groups is 1. The number of carboxylic acids is 1. The van der Waals surface area contributed by atoms with E-state index in [0.29, 0.717) is 0 Å². The molecule has 0 radical (unpaired) electrons. The minimum Gasteiger partial charge on any atom is -0.481 e. The molecule has 0 aromatic carbocycles. The van der Waals surface area contributed by atoms with Crippen LogP contribution in [0, 0.1) is 0 Å². The fourth-order valence-corrected chi connectivity index (χ4v) is 2.29. The van der Waals surface area contributed by atoms with E-state index in [1.165, 1.54) is 6.92 Å². The van der Waals surface area contributed by atoms with Crippen molar-refractivity contribution in [3.8, 4) is 0 Å². The summed E-state index contributed by atoms with van der Waals surface area (Å²) in [5.41, 5.74) is 0. The average molecular weight is 366 g/mol. The molecule has 0 aliphatic rings. The van der Waals surface area contributed by atoms with E-state index in [-0.39, 0.29) is 6.61 Å². The van der Waals surface area contributed by atoms with Crippen molar-refractivity contribution in [2.45, 2.75) is 19.3 Å². The van der Waals surface area contributed by atoms with Gasteiger partial charge in [0.15, 0.2) is 0 Å². The van der Waals surface area contributed by atoms with Crippen LogP contribution in [0.2, 0.25) is 0 Å². The summed E-state index contributed by atoms with van der Waals surface area (Å²) in [4.78, 5) is 18.5. The van der Waals surface area contributed by atoms with Crippen molar-refractivity contribution in [2.24, 2.45) is 0 Å². The molecule has 0 saturated carbocycles. The third-order valence-corrected chi connectivity index (χ3v) is 3.95. The Bertz CT molecular complexity index is 342. The second-order valence-electron chi connectivity index (χ2n) is 3.44. The Labute approximate surface area is 118 Å². The Balaban J connectivity index is 0. The zero-order valence-electron chi connectivity index (χ0n) is 10.7. The van der Waals surface area contributed by atoms with Crippen molar-refractivity contribution >= 4 is 22.1 Å². The van der Waals surface area contributed by atoms with Gasteiger partial charge in [0.1, 0.15) is 6.16 Å². The van der Waals surface area contributed by atoms with Gasteiger partial charge in [-0.1, -0.05) is 0 Å². The maximum Gasteiger partial charge on any atom is 0.392 e. The molecule has 0 spiro atoms. The van der Waals surface area contributed by atoms with Crippen LogP contribution in [0.15, 0.2) is 0 Å². The first-order chi connectivity index (χ1) is 9.18. The zero-order valence-corrected chi connectivity index (χ0v) is 12.6. The molecule has 1 unspecified atom stereocenters. The second kappa shape index (κ2) is 9.61. The topological polar surface area (TPSA) is 83.8 Å². The molecule has 0 aromatic rings. The number of hydrogen-bond acceptors (Lipinski definition) is 3. The third kappa shape index (κ3) is 22.1. The van der Waals surface area contributed by atoms with Gasteiger partial charge in [-0.15, -0.1) is 8.58 Å². The summed E-state index contributed by atoms with van der Waals surface area (Å²) in [5, 5.41) is 8.06. The lowest BCUT2D eigenvalue weighted by atomic mass is 10.8. The molecule has 0 saturated heterocycles. The van der Waals surface area contributed by atoms with Gasteiger partial charge in [-0.2, -0.15) is 26.3 Å². The summed E-state index contributed by atoms with van der Waals surface area (Å²) < 4.78 is 82.5. The molecule has 0 aliphatic heterocycles. The fourth-order valence-electron chi connectivity index (χ4n) is 0.764. The number of hydrogen-bond donors (Lipinski definition) is 2. The summed E-state index contributed by atoms with van der Waals surface area (Å²) in [7, 11) is -4.96. The largest absolute Gasteiger partial charge is 0.481 e. The number of aliphatic carboxylic acids is 1. The van der Waals surface area contributed by atoms with Gasteiger partial charge < -0.3 is 14.5 Å². The molecule has 0 aliphatic carbocycles. The van der Waals surface area contributed by atoms with Gasteiger partial charge in [-0.05, 0) is 6.92 Å². The van der Waals surface area contributed by atoms with E-state index in [1.54, 1.807) is 0 Å². The lowest BCUT2D eigenvalue weighted by molar-refractivity contribution is -0.134. The molecule has 2 N–H and O–H groups in total. The van der Waals surface area contributed by atoms with E-state index >= 15 is 0 Å². The highest BCUT2D eigenvalue weighted by molar-refractivity contribution is 7.53. The van der Waals surface area contributed by atoms with Crippen LogP contribution in [-0.4, -0.2) is 53.4 Å². The summed E-state index contributed by atoms with van der Waals surface area (Å²) in [5.74, 6) is -1.33. The minimum absolute atomic E-state index is 0.0427. The smallest absolute Gasteiger partial charge is 0.392 e. The molecule has 0 rings (SSSR count). The van der Waals surface area contributed by atoms with E-state index in [4.69, 9.17) is 10.00 Å². The number of carboxylic acid groups (broad SMARTS) is 1. The fraction of sp³-hybridized carbons (Fsp3) is 0.875. The second-order valence-corrected chi connectivity index (χ2v) is 6.50. The van der Waals surface area contributed by atoms with Crippen molar-refractivity contribution in [3.63, 3.8) is 0 Å². The molecule has 0 fully saturated rings.